The lowest BCUT2D eigenvalue weighted by Crippen LogP contribution is -2.31. The van der Waals surface area contributed by atoms with E-state index < -0.39 is 11.9 Å². The first-order valence-electron chi connectivity index (χ1n) is 12.4. The van der Waals surface area contributed by atoms with Crippen LogP contribution in [0.2, 0.25) is 0 Å². The van der Waals surface area contributed by atoms with Crippen molar-refractivity contribution in [2.45, 2.75) is 45.6 Å². The Bertz CT molecular complexity index is 1150. The van der Waals surface area contributed by atoms with Gasteiger partial charge in [-0.1, -0.05) is 37.3 Å². The van der Waals surface area contributed by atoms with Crippen LogP contribution < -0.4 is 9.64 Å². The third kappa shape index (κ3) is 4.35. The second-order valence-corrected chi connectivity index (χ2v) is 10.1. The van der Waals surface area contributed by atoms with Crippen LogP contribution in [-0.2, 0) is 19.2 Å². The predicted octanol–water partition coefficient (Wildman–Crippen LogP) is 4.13. The fraction of sp³-hybridized carbons (Fsp3) is 0.429. The molecule has 7 nitrogen and oxygen atoms in total. The summed E-state index contributed by atoms with van der Waals surface area (Å²) in [6.45, 7) is 4.39. The van der Waals surface area contributed by atoms with Crippen molar-refractivity contribution in [1.29, 1.82) is 0 Å². The molecule has 0 spiro atoms. The number of rotatable bonds is 5. The zero-order valence-corrected chi connectivity index (χ0v) is 20.1. The number of hydrogen-bond acceptors (Lipinski definition) is 5. The lowest BCUT2D eigenvalue weighted by Gasteiger charge is -2.25. The standard InChI is InChI=1S/C28H30N2O5/c1-17-8-13-23-24(14-17)27(33)30(26(23)32)21-9-11-22(12-10-21)35-28(34)20-15-25(31)29(16-20)18(2)19-6-4-3-5-7-19/h3-7,9-12,17-18,20,23-24H,8,13-16H2,1-2H3/t17-,18+,20-,23+,24+/m1/s1. The number of hydrogen-bond donors (Lipinski definition) is 0. The maximum Gasteiger partial charge on any atom is 0.316 e. The molecule has 35 heavy (non-hydrogen) atoms. The van der Waals surface area contributed by atoms with Crippen molar-refractivity contribution in [2.75, 3.05) is 11.4 Å². The number of imide groups is 1. The normalized spacial score (nSPS) is 27.2. The predicted molar refractivity (Wildman–Crippen MR) is 129 cm³/mol. The minimum atomic E-state index is -0.541. The molecule has 0 radical (unpaired) electrons. The Labute approximate surface area is 205 Å². The van der Waals surface area contributed by atoms with Crippen molar-refractivity contribution in [3.8, 4) is 5.75 Å². The van der Waals surface area contributed by atoms with Crippen LogP contribution in [0.5, 0.6) is 5.75 Å². The molecule has 0 N–H and O–H groups in total. The average molecular weight is 475 g/mol. The van der Waals surface area contributed by atoms with Crippen molar-refractivity contribution >= 4 is 29.4 Å². The summed E-state index contributed by atoms with van der Waals surface area (Å²) in [5.41, 5.74) is 1.52. The van der Waals surface area contributed by atoms with E-state index in [4.69, 9.17) is 4.74 Å². The van der Waals surface area contributed by atoms with Crippen molar-refractivity contribution in [2.24, 2.45) is 23.7 Å². The SMILES string of the molecule is C[C@@H]1CC[C@@H]2C(=O)N(c3ccc(OC(=O)[C@@H]4CC(=O)N([C@@H](C)c5ccccc5)C4)cc3)C(=O)[C@H]2C1. The molecule has 2 aromatic carbocycles. The number of ether oxygens (including phenoxy) is 1. The highest BCUT2D eigenvalue weighted by Crippen LogP contribution is 2.42. The number of fused-ring (bicyclic) bond motifs is 1. The molecule has 1 aliphatic carbocycles. The zero-order chi connectivity index (χ0) is 24.7. The number of anilines is 1. The molecule has 1 saturated carbocycles. The second-order valence-electron chi connectivity index (χ2n) is 10.1. The molecule has 2 heterocycles. The van der Waals surface area contributed by atoms with Crippen LogP contribution in [-0.4, -0.2) is 35.1 Å². The third-order valence-corrected chi connectivity index (χ3v) is 7.74. The Balaban J connectivity index is 1.22. The topological polar surface area (TPSA) is 84.0 Å². The molecule has 182 valence electrons. The number of esters is 1. The Morgan fingerprint density at radius 1 is 0.943 bits per heavy atom. The average Bonchev–Trinajstić information content (AvgIpc) is 3.37. The van der Waals surface area contributed by atoms with E-state index in [1.807, 2.05) is 37.3 Å². The first-order chi connectivity index (χ1) is 16.8. The van der Waals surface area contributed by atoms with Gasteiger partial charge in [0, 0.05) is 13.0 Å². The van der Waals surface area contributed by atoms with E-state index >= 15 is 0 Å². The van der Waals surface area contributed by atoms with Crippen molar-refractivity contribution in [3.05, 3.63) is 60.2 Å². The number of amides is 3. The van der Waals surface area contributed by atoms with Gasteiger partial charge in [0.25, 0.3) is 0 Å². The first-order valence-corrected chi connectivity index (χ1v) is 12.4. The Kier molecular flexibility index (Phi) is 6.17. The Hall–Kier alpha value is -3.48. The maximum absolute atomic E-state index is 12.9. The number of carbonyl (C=O) groups excluding carboxylic acids is 4. The monoisotopic (exact) mass is 474 g/mol. The highest BCUT2D eigenvalue weighted by molar-refractivity contribution is 6.22. The summed E-state index contributed by atoms with van der Waals surface area (Å²) in [6.07, 6.45) is 2.59. The van der Waals surface area contributed by atoms with Gasteiger partial charge in [0.1, 0.15) is 5.75 Å². The Morgan fingerprint density at radius 2 is 1.63 bits per heavy atom. The molecule has 3 fully saturated rings. The van der Waals surface area contributed by atoms with Gasteiger partial charge in [0.15, 0.2) is 0 Å². The molecule has 2 saturated heterocycles. The van der Waals surface area contributed by atoms with Gasteiger partial charge < -0.3 is 9.64 Å². The quantitative estimate of drug-likeness (QED) is 0.370. The van der Waals surface area contributed by atoms with Crippen molar-refractivity contribution < 1.29 is 23.9 Å². The highest BCUT2D eigenvalue weighted by atomic mass is 16.5. The molecule has 7 heteroatoms. The largest absolute Gasteiger partial charge is 0.426 e. The van der Waals surface area contributed by atoms with Crippen LogP contribution in [0.25, 0.3) is 0 Å². The number of carbonyl (C=O) groups is 4. The van der Waals surface area contributed by atoms with Crippen LogP contribution in [0.4, 0.5) is 5.69 Å². The van der Waals surface area contributed by atoms with Gasteiger partial charge in [-0.15, -0.1) is 0 Å². The summed E-state index contributed by atoms with van der Waals surface area (Å²) < 4.78 is 5.55. The number of likely N-dealkylation sites (tertiary alicyclic amines) is 1. The molecular weight excluding hydrogens is 444 g/mol. The van der Waals surface area contributed by atoms with E-state index in [2.05, 4.69) is 6.92 Å². The molecule has 2 aliphatic heterocycles. The Morgan fingerprint density at radius 3 is 2.34 bits per heavy atom. The van der Waals surface area contributed by atoms with E-state index in [9.17, 15) is 19.2 Å². The van der Waals surface area contributed by atoms with Gasteiger partial charge in [-0.25, -0.2) is 0 Å². The fourth-order valence-electron chi connectivity index (χ4n) is 5.68. The van der Waals surface area contributed by atoms with Gasteiger partial charge in [-0.3, -0.25) is 24.1 Å². The third-order valence-electron chi connectivity index (χ3n) is 7.74. The van der Waals surface area contributed by atoms with E-state index in [0.717, 1.165) is 24.8 Å². The molecule has 5 rings (SSSR count). The summed E-state index contributed by atoms with van der Waals surface area (Å²) >= 11 is 0. The van der Waals surface area contributed by atoms with Crippen LogP contribution in [0.15, 0.2) is 54.6 Å². The van der Waals surface area contributed by atoms with Gasteiger partial charge >= 0.3 is 5.97 Å². The van der Waals surface area contributed by atoms with E-state index in [-0.39, 0.29) is 42.0 Å². The van der Waals surface area contributed by atoms with Gasteiger partial charge in [-0.05, 0) is 61.9 Å². The molecule has 0 bridgehead atoms. The van der Waals surface area contributed by atoms with Crippen molar-refractivity contribution in [1.82, 2.24) is 4.90 Å². The lowest BCUT2D eigenvalue weighted by atomic mass is 9.76. The zero-order valence-electron chi connectivity index (χ0n) is 20.1. The smallest absolute Gasteiger partial charge is 0.316 e. The highest BCUT2D eigenvalue weighted by Gasteiger charge is 2.50. The van der Waals surface area contributed by atoms with Gasteiger partial charge in [-0.2, -0.15) is 0 Å². The fourth-order valence-corrected chi connectivity index (χ4v) is 5.68. The summed E-state index contributed by atoms with van der Waals surface area (Å²) in [7, 11) is 0. The lowest BCUT2D eigenvalue weighted by molar-refractivity contribution is -0.139. The minimum absolute atomic E-state index is 0.0690. The molecule has 5 atom stereocenters. The molecular formula is C28H30N2O5. The molecule has 3 amide bonds. The molecule has 3 aliphatic rings. The molecule has 2 aromatic rings. The van der Waals surface area contributed by atoms with Crippen LogP contribution in [0.1, 0.15) is 51.1 Å². The number of nitrogens with zero attached hydrogens (tertiary/aromatic N) is 2. The first kappa shape index (κ1) is 23.3. The van der Waals surface area contributed by atoms with E-state index in [0.29, 0.717) is 23.9 Å². The van der Waals surface area contributed by atoms with E-state index in [1.54, 1.807) is 29.2 Å². The molecule has 0 unspecified atom stereocenters. The van der Waals surface area contributed by atoms with E-state index in [1.165, 1.54) is 4.90 Å². The maximum atomic E-state index is 12.9. The minimum Gasteiger partial charge on any atom is -0.426 e. The summed E-state index contributed by atoms with van der Waals surface area (Å²) in [6, 6.07) is 16.1. The number of benzene rings is 2. The summed E-state index contributed by atoms with van der Waals surface area (Å²) in [5, 5.41) is 0. The van der Waals surface area contributed by atoms with Gasteiger partial charge in [0.05, 0.1) is 29.5 Å². The van der Waals surface area contributed by atoms with Gasteiger partial charge in [0.2, 0.25) is 17.7 Å². The summed E-state index contributed by atoms with van der Waals surface area (Å²) in [5.74, 6) is -1.01. The summed E-state index contributed by atoms with van der Waals surface area (Å²) in [4.78, 5) is 54.2. The second kappa shape index (κ2) is 9.29. The van der Waals surface area contributed by atoms with Crippen LogP contribution >= 0.6 is 0 Å². The van der Waals surface area contributed by atoms with Crippen LogP contribution in [0, 0.1) is 23.7 Å². The van der Waals surface area contributed by atoms with Crippen LogP contribution in [0.3, 0.4) is 0 Å². The molecule has 0 aromatic heterocycles. The van der Waals surface area contributed by atoms with Crippen molar-refractivity contribution in [3.63, 3.8) is 0 Å².